The maximum Gasteiger partial charge on any atom is 0.237 e. The summed E-state index contributed by atoms with van der Waals surface area (Å²) in [4.78, 5) is 79.0. The Morgan fingerprint density at radius 1 is 0.440 bits per heavy atom. The summed E-state index contributed by atoms with van der Waals surface area (Å²) < 4.78 is 73.6. The highest BCUT2D eigenvalue weighted by Gasteiger charge is 2.48. The number of hydrogen-bond acceptors (Lipinski definition) is 29. The second kappa shape index (κ2) is 45.3. The number of nitrogens with zero attached hydrogens (tertiary/aromatic N) is 1. The number of ether oxygens (including phenoxy) is 13. The van der Waals surface area contributed by atoms with E-state index in [-0.39, 0.29) is 125 Å². The Bertz CT molecular complexity index is 2620. The number of hydrogen-bond donors (Lipinski definition) is 15. The first-order chi connectivity index (χ1) is 47.8. The van der Waals surface area contributed by atoms with Crippen LogP contribution in [0.25, 0.3) is 11.1 Å². The molecule has 0 radical (unpaired) electrons. The molecule has 3 saturated heterocycles. The normalized spacial score (nSPS) is 25.7. The molecule has 0 spiro atoms. The number of aliphatic hydroxyl groups excluding tert-OH is 9. The van der Waals surface area contributed by atoms with Crippen LogP contribution in [0.5, 0.6) is 5.75 Å². The van der Waals surface area contributed by atoms with Crippen LogP contribution in [0.15, 0.2) is 48.5 Å². The van der Waals surface area contributed by atoms with Gasteiger partial charge in [0, 0.05) is 40.4 Å². The van der Waals surface area contributed by atoms with Gasteiger partial charge in [0.05, 0.1) is 138 Å². The fourth-order valence-corrected chi connectivity index (χ4v) is 10.6. The zero-order chi connectivity index (χ0) is 73.2. The molecule has 35 heteroatoms. The minimum Gasteiger partial charge on any atom is -0.488 e. The smallest absolute Gasteiger partial charge is 0.237 e. The largest absolute Gasteiger partial charge is 0.488 e. The van der Waals surface area contributed by atoms with E-state index >= 15 is 0 Å². The highest BCUT2D eigenvalue weighted by molar-refractivity contribution is 5.86. The molecule has 16 atom stereocenters. The second-order valence-corrected chi connectivity index (χ2v) is 24.6. The molecule has 3 heterocycles. The summed E-state index contributed by atoms with van der Waals surface area (Å²) in [5.41, 5.74) is 2.08. The van der Waals surface area contributed by atoms with Gasteiger partial charge in [-0.25, -0.2) is 0 Å². The van der Waals surface area contributed by atoms with E-state index in [1.807, 2.05) is 69.3 Å². The monoisotopic (exact) mass is 1430 g/mol. The third kappa shape index (κ3) is 29.9. The molecule has 568 valence electrons. The highest BCUT2D eigenvalue weighted by atomic mass is 16.7. The number of amides is 6. The molecular weight excluding hydrogens is 1330 g/mol. The molecule has 5 rings (SSSR count). The Balaban J connectivity index is 1.18. The number of benzene rings is 2. The molecule has 3 aliphatic heterocycles. The lowest BCUT2D eigenvalue weighted by Crippen LogP contribution is -2.64. The first kappa shape index (κ1) is 84.8. The van der Waals surface area contributed by atoms with E-state index in [0.29, 0.717) is 11.3 Å². The maximum absolute atomic E-state index is 14.5. The Kier molecular flexibility index (Phi) is 38.4. The fraction of sp³-hybridized carbons (Fsp3) is 0.723. The maximum atomic E-state index is 14.5. The van der Waals surface area contributed by atoms with Gasteiger partial charge in [0.25, 0.3) is 0 Å². The molecule has 0 bridgehead atoms. The molecule has 3 fully saturated rings. The molecule has 16 unspecified atom stereocenters. The summed E-state index contributed by atoms with van der Waals surface area (Å²) in [6, 6.07) is 10.6. The number of rotatable bonds is 46. The summed E-state index contributed by atoms with van der Waals surface area (Å²) in [6.45, 7) is 7.54. The molecule has 2 aromatic rings. The van der Waals surface area contributed by atoms with Crippen LogP contribution in [0.3, 0.4) is 0 Å². The Morgan fingerprint density at radius 3 is 1.07 bits per heavy atom. The van der Waals surface area contributed by atoms with Crippen LogP contribution in [0.2, 0.25) is 0 Å². The minimum atomic E-state index is -1.48. The van der Waals surface area contributed by atoms with Crippen molar-refractivity contribution in [2.75, 3.05) is 152 Å². The molecule has 0 saturated carbocycles. The predicted octanol–water partition coefficient (Wildman–Crippen LogP) is -5.93. The van der Waals surface area contributed by atoms with Crippen LogP contribution >= 0.6 is 0 Å². The lowest BCUT2D eigenvalue weighted by molar-refractivity contribution is -0.272. The molecule has 0 aliphatic carbocycles. The van der Waals surface area contributed by atoms with Gasteiger partial charge >= 0.3 is 0 Å². The van der Waals surface area contributed by atoms with Gasteiger partial charge in [-0.05, 0) is 56.0 Å². The van der Waals surface area contributed by atoms with Gasteiger partial charge in [0.2, 0.25) is 35.4 Å². The van der Waals surface area contributed by atoms with Gasteiger partial charge in [-0.15, -0.1) is 0 Å². The number of nitrogens with one attached hydrogen (secondary N) is 6. The van der Waals surface area contributed by atoms with Gasteiger partial charge in [-0.3, -0.25) is 33.7 Å². The Labute approximate surface area is 580 Å². The van der Waals surface area contributed by atoms with Gasteiger partial charge in [0.1, 0.15) is 84.4 Å². The van der Waals surface area contributed by atoms with E-state index in [2.05, 4.69) is 31.9 Å². The van der Waals surface area contributed by atoms with Crippen LogP contribution < -0.4 is 36.6 Å². The fourth-order valence-electron chi connectivity index (χ4n) is 10.6. The molecular formula is C65H105N7O28. The standard InChI is InChI=1S/C65H105N7O28/c1-39(76)69-52-58(84)55(81)47(36-73)97-62(52)94-30-27-91-24-21-88-18-15-66-50(79)34-72(35-51(80)67-16-19-89-22-25-92-28-31-95-63-53(70-40(2)77)59(85)56(82)48(37-74)98-63)46(33-42-7-9-43(10-8-42)44-11-13-45(14-12-44)100-65(4,5)6)61(87)68-17-20-90-23-26-93-29-32-96-64-54(71-41(3)78)60(86)57(83)49(38-75)99-64/h7-14,46-49,52-60,62-64,73-75,81-86H,15-38H2,1-6H3,(H,66,79)(H,67,80)(H,68,87)(H,69,76)(H,70,77)(H,71,78). The SMILES string of the molecule is CC(=O)NC1C(OCCOCCOCCNC(=O)CN(CC(=O)NCCOCCOCCOC2OC(CO)C(O)C(O)C2NC(C)=O)C(Cc2ccc(-c3ccc(OC(C)(C)C)cc3)cc2)C(=O)NCCOCCOCCOC2OC(CO)C(O)C(O)C2NC(C)=O)OC(CO)C(O)C1O. The molecule has 0 aromatic heterocycles. The number of carbonyl (C=O) groups excluding carboxylic acids is 6. The van der Waals surface area contributed by atoms with E-state index in [0.717, 1.165) is 11.1 Å². The predicted molar refractivity (Wildman–Crippen MR) is 349 cm³/mol. The Hall–Kier alpha value is -5.82. The van der Waals surface area contributed by atoms with Crippen molar-refractivity contribution < 1.29 is 136 Å². The molecule has 6 amide bonds. The van der Waals surface area contributed by atoms with E-state index in [1.54, 1.807) is 0 Å². The van der Waals surface area contributed by atoms with Crippen LogP contribution in [-0.2, 0) is 92.0 Å². The first-order valence-corrected chi connectivity index (χ1v) is 33.3. The third-order valence-corrected chi connectivity index (χ3v) is 15.5. The van der Waals surface area contributed by atoms with Crippen molar-refractivity contribution in [1.29, 1.82) is 0 Å². The second-order valence-electron chi connectivity index (χ2n) is 24.6. The zero-order valence-corrected chi connectivity index (χ0v) is 57.6. The average molecular weight is 1430 g/mol. The lowest BCUT2D eigenvalue weighted by atomic mass is 9.97. The molecule has 35 nitrogen and oxygen atoms in total. The van der Waals surface area contributed by atoms with Gasteiger partial charge < -0.3 is 139 Å². The van der Waals surface area contributed by atoms with Crippen LogP contribution in [-0.4, -0.2) is 342 Å². The van der Waals surface area contributed by atoms with Crippen molar-refractivity contribution in [2.24, 2.45) is 0 Å². The van der Waals surface area contributed by atoms with Crippen molar-refractivity contribution in [1.82, 2.24) is 36.8 Å². The quantitative estimate of drug-likeness (QED) is 0.0275. The van der Waals surface area contributed by atoms with E-state index in [4.69, 9.17) is 61.6 Å². The zero-order valence-electron chi connectivity index (χ0n) is 57.6. The van der Waals surface area contributed by atoms with Crippen molar-refractivity contribution >= 4 is 35.4 Å². The summed E-state index contributed by atoms with van der Waals surface area (Å²) in [7, 11) is 0. The van der Waals surface area contributed by atoms with Crippen LogP contribution in [0, 0.1) is 0 Å². The lowest BCUT2D eigenvalue weighted by Gasteiger charge is -2.42. The summed E-state index contributed by atoms with van der Waals surface area (Å²) in [5, 5.41) is 107. The van der Waals surface area contributed by atoms with Crippen LogP contribution in [0.1, 0.15) is 47.1 Å². The van der Waals surface area contributed by atoms with Crippen molar-refractivity contribution in [3.05, 3.63) is 54.1 Å². The molecule has 3 aliphatic rings. The van der Waals surface area contributed by atoms with Crippen LogP contribution in [0.4, 0.5) is 0 Å². The number of aliphatic hydroxyl groups is 9. The van der Waals surface area contributed by atoms with Gasteiger partial charge in [-0.1, -0.05) is 36.4 Å². The molecule has 15 N–H and O–H groups in total. The van der Waals surface area contributed by atoms with Crippen molar-refractivity contribution in [3.63, 3.8) is 0 Å². The first-order valence-electron chi connectivity index (χ1n) is 33.3. The highest BCUT2D eigenvalue weighted by Crippen LogP contribution is 2.28. The van der Waals surface area contributed by atoms with Crippen molar-refractivity contribution in [2.45, 2.75) is 152 Å². The molecule has 100 heavy (non-hydrogen) atoms. The topological polar surface area (TPSA) is 480 Å². The molecule has 2 aromatic carbocycles. The van der Waals surface area contributed by atoms with Gasteiger partial charge in [0.15, 0.2) is 18.9 Å². The number of carbonyl (C=O) groups is 6. The Morgan fingerprint density at radius 2 is 0.750 bits per heavy atom. The van der Waals surface area contributed by atoms with Gasteiger partial charge in [-0.2, -0.15) is 0 Å². The summed E-state index contributed by atoms with van der Waals surface area (Å²) in [6.07, 6.45) is -15.9. The van der Waals surface area contributed by atoms with E-state index in [9.17, 15) is 74.7 Å². The van der Waals surface area contributed by atoms with Crippen molar-refractivity contribution in [3.8, 4) is 16.9 Å². The average Bonchev–Trinajstić information content (AvgIpc) is 0.832. The van der Waals surface area contributed by atoms with E-state index in [1.165, 1.54) is 25.7 Å². The summed E-state index contributed by atoms with van der Waals surface area (Å²) in [5.74, 6) is -2.43. The van der Waals surface area contributed by atoms with E-state index < -0.39 is 172 Å². The summed E-state index contributed by atoms with van der Waals surface area (Å²) >= 11 is 0. The third-order valence-electron chi connectivity index (χ3n) is 15.5. The minimum absolute atomic E-state index is 0.00678.